The highest BCUT2D eigenvalue weighted by molar-refractivity contribution is 9.10. The van der Waals surface area contributed by atoms with E-state index in [-0.39, 0.29) is 0 Å². The number of hydrogen-bond donors (Lipinski definition) is 1. The van der Waals surface area contributed by atoms with Gasteiger partial charge in [-0.25, -0.2) is 0 Å². The predicted octanol–water partition coefficient (Wildman–Crippen LogP) is 3.11. The quantitative estimate of drug-likeness (QED) is 0.917. The van der Waals surface area contributed by atoms with Gasteiger partial charge in [-0.05, 0) is 30.9 Å². The van der Waals surface area contributed by atoms with E-state index in [0.29, 0.717) is 6.10 Å². The Morgan fingerprint density at radius 1 is 1.31 bits per heavy atom. The van der Waals surface area contributed by atoms with Gasteiger partial charge in [-0.1, -0.05) is 34.1 Å². The number of benzene rings is 1. The van der Waals surface area contributed by atoms with E-state index in [4.69, 9.17) is 4.74 Å². The van der Waals surface area contributed by atoms with Crippen molar-refractivity contribution in [3.63, 3.8) is 0 Å². The minimum atomic E-state index is 0.413. The van der Waals surface area contributed by atoms with Crippen LogP contribution in [0.1, 0.15) is 24.8 Å². The molecule has 1 atom stereocenters. The molecular formula is C13H18BrNO. The van der Waals surface area contributed by atoms with E-state index in [2.05, 4.69) is 39.4 Å². The fourth-order valence-corrected chi connectivity index (χ4v) is 2.40. The highest BCUT2D eigenvalue weighted by Gasteiger charge is 2.12. The molecule has 2 rings (SSSR count). The lowest BCUT2D eigenvalue weighted by Crippen LogP contribution is -2.31. The molecule has 0 aliphatic carbocycles. The molecule has 0 bridgehead atoms. The van der Waals surface area contributed by atoms with Crippen molar-refractivity contribution < 1.29 is 4.74 Å². The van der Waals surface area contributed by atoms with Crippen LogP contribution in [0.25, 0.3) is 0 Å². The number of ether oxygens (including phenoxy) is 1. The normalized spacial score (nSPS) is 20.9. The second-order valence-corrected chi connectivity index (χ2v) is 5.07. The van der Waals surface area contributed by atoms with Gasteiger partial charge in [0.15, 0.2) is 0 Å². The molecule has 0 amide bonds. The van der Waals surface area contributed by atoms with Crippen molar-refractivity contribution in [3.8, 4) is 0 Å². The summed E-state index contributed by atoms with van der Waals surface area (Å²) in [5.74, 6) is 0. The first kappa shape index (κ1) is 12.1. The Kier molecular flexibility index (Phi) is 4.82. The van der Waals surface area contributed by atoms with E-state index in [1.807, 2.05) is 6.07 Å². The van der Waals surface area contributed by atoms with Gasteiger partial charge < -0.3 is 10.1 Å². The van der Waals surface area contributed by atoms with Crippen molar-refractivity contribution in [2.45, 2.75) is 31.9 Å². The molecule has 0 aromatic heterocycles. The van der Waals surface area contributed by atoms with Crippen LogP contribution in [0.2, 0.25) is 0 Å². The lowest BCUT2D eigenvalue weighted by Gasteiger charge is -2.22. The summed E-state index contributed by atoms with van der Waals surface area (Å²) >= 11 is 3.55. The fraction of sp³-hybridized carbons (Fsp3) is 0.538. The maximum atomic E-state index is 5.67. The second kappa shape index (κ2) is 6.38. The average Bonchev–Trinajstić information content (AvgIpc) is 2.33. The zero-order valence-electron chi connectivity index (χ0n) is 9.42. The van der Waals surface area contributed by atoms with Gasteiger partial charge in [-0.3, -0.25) is 0 Å². The molecule has 1 saturated heterocycles. The Hall–Kier alpha value is -0.380. The fourth-order valence-electron chi connectivity index (χ4n) is 1.98. The molecule has 1 aliphatic rings. The van der Waals surface area contributed by atoms with Crippen LogP contribution in [0.4, 0.5) is 0 Å². The summed E-state index contributed by atoms with van der Waals surface area (Å²) in [4.78, 5) is 0. The molecule has 1 N–H and O–H groups in total. The Morgan fingerprint density at radius 2 is 2.19 bits per heavy atom. The van der Waals surface area contributed by atoms with Crippen molar-refractivity contribution in [2.24, 2.45) is 0 Å². The van der Waals surface area contributed by atoms with Crippen molar-refractivity contribution in [1.29, 1.82) is 0 Å². The van der Waals surface area contributed by atoms with Crippen LogP contribution in [0, 0.1) is 0 Å². The van der Waals surface area contributed by atoms with Gasteiger partial charge in [0.25, 0.3) is 0 Å². The summed E-state index contributed by atoms with van der Waals surface area (Å²) < 4.78 is 6.85. The molecule has 0 radical (unpaired) electrons. The van der Waals surface area contributed by atoms with E-state index >= 15 is 0 Å². The molecule has 0 spiro atoms. The van der Waals surface area contributed by atoms with Crippen molar-refractivity contribution in [2.75, 3.05) is 13.2 Å². The molecule has 88 valence electrons. The largest absolute Gasteiger partial charge is 0.377 e. The van der Waals surface area contributed by atoms with Gasteiger partial charge in [0.05, 0.1) is 6.10 Å². The molecule has 1 aliphatic heterocycles. The number of hydrogen-bond acceptors (Lipinski definition) is 2. The van der Waals surface area contributed by atoms with E-state index in [1.54, 1.807) is 0 Å². The maximum Gasteiger partial charge on any atom is 0.0699 e. The first-order chi connectivity index (χ1) is 7.86. The summed E-state index contributed by atoms with van der Waals surface area (Å²) in [5, 5.41) is 3.46. The van der Waals surface area contributed by atoms with Crippen LogP contribution < -0.4 is 5.32 Å². The van der Waals surface area contributed by atoms with Gasteiger partial charge >= 0.3 is 0 Å². The maximum absolute atomic E-state index is 5.67. The highest BCUT2D eigenvalue weighted by Crippen LogP contribution is 2.16. The van der Waals surface area contributed by atoms with Gasteiger partial charge in [-0.15, -0.1) is 0 Å². The lowest BCUT2D eigenvalue weighted by atomic mass is 10.1. The highest BCUT2D eigenvalue weighted by atomic mass is 79.9. The molecular weight excluding hydrogens is 266 g/mol. The average molecular weight is 284 g/mol. The first-order valence-corrected chi connectivity index (χ1v) is 6.71. The molecule has 1 aromatic carbocycles. The molecule has 1 fully saturated rings. The second-order valence-electron chi connectivity index (χ2n) is 4.21. The van der Waals surface area contributed by atoms with Crippen LogP contribution in [0.15, 0.2) is 28.7 Å². The summed E-state index contributed by atoms with van der Waals surface area (Å²) in [6.07, 6.45) is 4.14. The molecule has 0 saturated carbocycles. The minimum absolute atomic E-state index is 0.413. The summed E-state index contributed by atoms with van der Waals surface area (Å²) in [5.41, 5.74) is 1.30. The van der Waals surface area contributed by atoms with Crippen LogP contribution in [-0.2, 0) is 11.3 Å². The third-order valence-corrected chi connectivity index (χ3v) is 3.69. The number of rotatable bonds is 4. The molecule has 2 nitrogen and oxygen atoms in total. The van der Waals surface area contributed by atoms with Gasteiger partial charge in [-0.2, -0.15) is 0 Å². The molecule has 1 aromatic rings. The van der Waals surface area contributed by atoms with E-state index in [9.17, 15) is 0 Å². The van der Waals surface area contributed by atoms with Gasteiger partial charge in [0.2, 0.25) is 0 Å². The summed E-state index contributed by atoms with van der Waals surface area (Å²) in [6, 6.07) is 8.32. The molecule has 1 heterocycles. The lowest BCUT2D eigenvalue weighted by molar-refractivity contribution is 0.0168. The topological polar surface area (TPSA) is 21.3 Å². The van der Waals surface area contributed by atoms with Crippen molar-refractivity contribution in [3.05, 3.63) is 34.3 Å². The standard InChI is InChI=1S/C13H18BrNO/c14-13-7-2-1-5-11(13)9-15-10-12-6-3-4-8-16-12/h1-2,5,7,12,15H,3-4,6,8-10H2. The number of halogens is 1. The monoisotopic (exact) mass is 283 g/mol. The summed E-state index contributed by atoms with van der Waals surface area (Å²) in [7, 11) is 0. The zero-order valence-corrected chi connectivity index (χ0v) is 11.0. The van der Waals surface area contributed by atoms with Crippen LogP contribution in [0.3, 0.4) is 0 Å². The zero-order chi connectivity index (χ0) is 11.2. The Bertz CT molecular complexity index is 323. The summed E-state index contributed by atoms with van der Waals surface area (Å²) in [6.45, 7) is 2.80. The van der Waals surface area contributed by atoms with E-state index in [1.165, 1.54) is 29.3 Å². The number of nitrogens with one attached hydrogen (secondary N) is 1. The Morgan fingerprint density at radius 3 is 2.94 bits per heavy atom. The third kappa shape index (κ3) is 3.58. The van der Waals surface area contributed by atoms with Crippen molar-refractivity contribution >= 4 is 15.9 Å². The van der Waals surface area contributed by atoms with Crippen LogP contribution >= 0.6 is 15.9 Å². The van der Waals surface area contributed by atoms with Crippen LogP contribution in [0.5, 0.6) is 0 Å². The molecule has 1 unspecified atom stereocenters. The predicted molar refractivity (Wildman–Crippen MR) is 69.4 cm³/mol. The SMILES string of the molecule is Brc1ccccc1CNCC1CCCCO1. The Labute approximate surface area is 106 Å². The first-order valence-electron chi connectivity index (χ1n) is 5.92. The minimum Gasteiger partial charge on any atom is -0.377 e. The van der Waals surface area contributed by atoms with Gasteiger partial charge in [0.1, 0.15) is 0 Å². The smallest absolute Gasteiger partial charge is 0.0699 e. The van der Waals surface area contributed by atoms with E-state index in [0.717, 1.165) is 19.7 Å². The molecule has 3 heteroatoms. The van der Waals surface area contributed by atoms with Gasteiger partial charge in [0, 0.05) is 24.2 Å². The van der Waals surface area contributed by atoms with Crippen LogP contribution in [-0.4, -0.2) is 19.3 Å². The third-order valence-electron chi connectivity index (χ3n) is 2.92. The molecule has 16 heavy (non-hydrogen) atoms. The van der Waals surface area contributed by atoms with E-state index < -0.39 is 0 Å². The Balaban J connectivity index is 1.73. The van der Waals surface area contributed by atoms with Crippen molar-refractivity contribution in [1.82, 2.24) is 5.32 Å².